The summed E-state index contributed by atoms with van der Waals surface area (Å²) in [6.45, 7) is -1.96. The maximum absolute atomic E-state index is 7.47. The van der Waals surface area contributed by atoms with Crippen molar-refractivity contribution in [2.24, 2.45) is 0 Å². The van der Waals surface area contributed by atoms with Gasteiger partial charge in [0.2, 0.25) is 0 Å². The van der Waals surface area contributed by atoms with Gasteiger partial charge in [0.25, 0.3) is 0 Å². The first-order chi connectivity index (χ1) is 9.04. The molecule has 82 valence electrons. The molecule has 2 aromatic rings. The Morgan fingerprint density at radius 2 is 1.62 bits per heavy atom. The molecule has 1 heteroatoms. The van der Waals surface area contributed by atoms with Crippen LogP contribution < -0.4 is 5.32 Å². The first-order valence-electron chi connectivity index (χ1n) is 6.91. The molecule has 1 atom stereocenters. The Morgan fingerprint density at radius 1 is 1.00 bits per heavy atom. The topological polar surface area (TPSA) is 12.0 Å². The van der Waals surface area contributed by atoms with E-state index in [1.165, 1.54) is 0 Å². The largest absolute Gasteiger partial charge is 0.378 e. The van der Waals surface area contributed by atoms with Gasteiger partial charge in [0, 0.05) is 9.80 Å². The van der Waals surface area contributed by atoms with Crippen LogP contribution in [0, 0.1) is 0 Å². The van der Waals surface area contributed by atoms with Crippen LogP contribution in [0.2, 0.25) is 0 Å². The third-order valence-corrected chi connectivity index (χ3v) is 2.52. The molecule has 1 N–H and O–H groups in total. The number of para-hydroxylation sites is 1. The summed E-state index contributed by atoms with van der Waals surface area (Å²) < 4.78 is 22.4. The summed E-state index contributed by atoms with van der Waals surface area (Å²) in [7, 11) is 0. The fourth-order valence-electron chi connectivity index (χ4n) is 1.67. The summed E-state index contributed by atoms with van der Waals surface area (Å²) in [5.74, 6) is 0. The Hall–Kier alpha value is -1.76. The van der Waals surface area contributed by atoms with Crippen LogP contribution in [0.25, 0.3) is 0 Å². The van der Waals surface area contributed by atoms with E-state index in [9.17, 15) is 0 Å². The Bertz CT molecular complexity index is 494. The molecule has 1 unspecified atom stereocenters. The molecule has 0 aliphatic rings. The molecule has 0 bridgehead atoms. The van der Waals surface area contributed by atoms with Gasteiger partial charge in [0.15, 0.2) is 0 Å². The highest BCUT2D eigenvalue weighted by Gasteiger charge is 2.07. The highest BCUT2D eigenvalue weighted by atomic mass is 14.9. The molecule has 16 heavy (non-hydrogen) atoms. The van der Waals surface area contributed by atoms with Gasteiger partial charge in [0.1, 0.15) is 0 Å². The monoisotopic (exact) mass is 214 g/mol. The Labute approximate surface area is 101 Å². The molecule has 0 heterocycles. The molecule has 1 nitrogen and oxygen atoms in total. The second-order valence-electron chi connectivity index (χ2n) is 3.68. The maximum atomic E-state index is 7.47. The number of rotatable bonds is 4. The Morgan fingerprint density at radius 3 is 2.25 bits per heavy atom. The standard InChI is InChI=1S/C15H17N/c1-2-15(13-9-5-3-6-10-13)16-14-11-7-4-8-12-14/h3-12,15-16H,2H2,1H3/i1D3. The first kappa shape index (κ1) is 7.50. The van der Waals surface area contributed by atoms with E-state index >= 15 is 0 Å². The lowest BCUT2D eigenvalue weighted by atomic mass is 10.0. The van der Waals surface area contributed by atoms with E-state index < -0.39 is 6.85 Å². The van der Waals surface area contributed by atoms with Crippen LogP contribution in [0.4, 0.5) is 5.69 Å². The van der Waals surface area contributed by atoms with E-state index in [0.717, 1.165) is 11.3 Å². The third-order valence-electron chi connectivity index (χ3n) is 2.52. The van der Waals surface area contributed by atoms with Gasteiger partial charge in [-0.1, -0.05) is 55.4 Å². The Balaban J connectivity index is 2.20. The van der Waals surface area contributed by atoms with Crippen molar-refractivity contribution < 1.29 is 4.11 Å². The van der Waals surface area contributed by atoms with Gasteiger partial charge in [-0.3, -0.25) is 0 Å². The maximum Gasteiger partial charge on any atom is 0.0511 e. The summed E-state index contributed by atoms with van der Waals surface area (Å²) in [6, 6.07) is 19.1. The molecule has 0 aromatic heterocycles. The van der Waals surface area contributed by atoms with E-state index in [0.29, 0.717) is 0 Å². The summed E-state index contributed by atoms with van der Waals surface area (Å²) in [5.41, 5.74) is 1.92. The van der Waals surface area contributed by atoms with Crippen LogP contribution in [-0.4, -0.2) is 0 Å². The van der Waals surface area contributed by atoms with Crippen molar-refractivity contribution in [2.45, 2.75) is 19.3 Å². The average Bonchev–Trinajstić information content (AvgIpc) is 2.39. The molecule has 0 aliphatic heterocycles. The summed E-state index contributed by atoms with van der Waals surface area (Å²) in [6.07, 6.45) is 0.103. The van der Waals surface area contributed by atoms with Crippen LogP contribution in [0.15, 0.2) is 60.7 Å². The fraction of sp³-hybridized carbons (Fsp3) is 0.200. The second-order valence-corrected chi connectivity index (χ2v) is 3.68. The summed E-state index contributed by atoms with van der Waals surface area (Å²) in [4.78, 5) is 0. The van der Waals surface area contributed by atoms with Gasteiger partial charge in [-0.05, 0) is 24.1 Å². The number of benzene rings is 2. The SMILES string of the molecule is [2H]C([2H])([2H])CC(Nc1ccccc1)c1ccccc1. The average molecular weight is 214 g/mol. The predicted molar refractivity (Wildman–Crippen MR) is 69.5 cm³/mol. The number of nitrogens with one attached hydrogen (secondary N) is 1. The highest BCUT2D eigenvalue weighted by molar-refractivity contribution is 5.45. The minimum atomic E-state index is -1.96. The zero-order valence-corrected chi connectivity index (χ0v) is 9.06. The van der Waals surface area contributed by atoms with E-state index in [-0.39, 0.29) is 12.5 Å². The third kappa shape index (κ3) is 2.63. The lowest BCUT2D eigenvalue weighted by Crippen LogP contribution is -2.09. The van der Waals surface area contributed by atoms with Crippen LogP contribution in [-0.2, 0) is 0 Å². The molecule has 2 aromatic carbocycles. The summed E-state index contributed by atoms with van der Waals surface area (Å²) in [5, 5.41) is 3.29. The number of hydrogen-bond donors (Lipinski definition) is 1. The molecule has 2 rings (SSSR count). The molecule has 0 spiro atoms. The van der Waals surface area contributed by atoms with Crippen molar-refractivity contribution in [1.82, 2.24) is 0 Å². The molecular weight excluding hydrogens is 194 g/mol. The zero-order chi connectivity index (χ0) is 13.7. The van der Waals surface area contributed by atoms with Crippen molar-refractivity contribution >= 4 is 5.69 Å². The van der Waals surface area contributed by atoms with Crippen LogP contribution in [0.1, 0.15) is 29.0 Å². The van der Waals surface area contributed by atoms with Gasteiger partial charge >= 0.3 is 0 Å². The molecule has 0 aliphatic carbocycles. The first-order valence-corrected chi connectivity index (χ1v) is 5.41. The van der Waals surface area contributed by atoms with Crippen molar-refractivity contribution in [3.05, 3.63) is 66.2 Å². The Kier molecular flexibility index (Phi) is 2.51. The van der Waals surface area contributed by atoms with E-state index in [1.807, 2.05) is 60.7 Å². The van der Waals surface area contributed by atoms with Gasteiger partial charge in [0.05, 0.1) is 6.04 Å². The molecule has 0 fully saturated rings. The van der Waals surface area contributed by atoms with E-state index in [1.54, 1.807) is 0 Å². The minimum Gasteiger partial charge on any atom is -0.378 e. The summed E-state index contributed by atoms with van der Waals surface area (Å²) >= 11 is 0. The van der Waals surface area contributed by atoms with Gasteiger partial charge < -0.3 is 5.32 Å². The van der Waals surface area contributed by atoms with Crippen molar-refractivity contribution in [1.29, 1.82) is 0 Å². The molecule has 0 amide bonds. The van der Waals surface area contributed by atoms with Crippen molar-refractivity contribution in [2.75, 3.05) is 5.32 Å². The smallest absolute Gasteiger partial charge is 0.0511 e. The number of hydrogen-bond acceptors (Lipinski definition) is 1. The number of anilines is 1. The lowest BCUT2D eigenvalue weighted by molar-refractivity contribution is 0.749. The minimum absolute atomic E-state index is 0.103. The molecule has 0 radical (unpaired) electrons. The van der Waals surface area contributed by atoms with Crippen LogP contribution >= 0.6 is 0 Å². The van der Waals surface area contributed by atoms with E-state index in [2.05, 4.69) is 5.32 Å². The van der Waals surface area contributed by atoms with Gasteiger partial charge in [-0.25, -0.2) is 0 Å². The quantitative estimate of drug-likeness (QED) is 0.802. The predicted octanol–water partition coefficient (Wildman–Crippen LogP) is 4.25. The molecular formula is C15H17N. The second kappa shape index (κ2) is 5.36. The van der Waals surface area contributed by atoms with Crippen LogP contribution in [0.5, 0.6) is 0 Å². The molecule has 0 saturated carbocycles. The normalized spacial score (nSPS) is 15.6. The van der Waals surface area contributed by atoms with E-state index in [4.69, 9.17) is 4.11 Å². The molecule has 0 saturated heterocycles. The van der Waals surface area contributed by atoms with Crippen molar-refractivity contribution in [3.63, 3.8) is 0 Å². The fourth-order valence-corrected chi connectivity index (χ4v) is 1.67. The van der Waals surface area contributed by atoms with Crippen molar-refractivity contribution in [3.8, 4) is 0 Å². The van der Waals surface area contributed by atoms with Crippen LogP contribution in [0.3, 0.4) is 0 Å². The van der Waals surface area contributed by atoms with Gasteiger partial charge in [-0.2, -0.15) is 0 Å². The zero-order valence-electron chi connectivity index (χ0n) is 12.1. The highest BCUT2D eigenvalue weighted by Crippen LogP contribution is 2.21. The lowest BCUT2D eigenvalue weighted by Gasteiger charge is -2.18. The van der Waals surface area contributed by atoms with Gasteiger partial charge in [-0.15, -0.1) is 0 Å².